The molecule has 0 saturated carbocycles. The van der Waals surface area contributed by atoms with Gasteiger partial charge in [-0.15, -0.1) is 12.6 Å². The molecule has 1 aromatic carbocycles. The summed E-state index contributed by atoms with van der Waals surface area (Å²) in [6, 6.07) is 3.87. The first-order valence-electron chi connectivity index (χ1n) is 2.54. The Hall–Kier alpha value is 0.580. The molecule has 0 aromatic heterocycles. The standard InChI is InChI=1S/C6H5BrINS/c7-4-1-3(8)2-5(10)6(4)9/h1-2,10H,9H2. The molecule has 0 aliphatic carbocycles. The average Bonchev–Trinajstić information content (AvgIpc) is 1.82. The number of nitrogen functional groups attached to an aromatic ring is 1. The molecule has 0 atom stereocenters. The van der Waals surface area contributed by atoms with Gasteiger partial charge < -0.3 is 5.73 Å². The van der Waals surface area contributed by atoms with Crippen molar-refractivity contribution in [2.45, 2.75) is 4.90 Å². The Morgan fingerprint density at radius 1 is 1.50 bits per heavy atom. The van der Waals surface area contributed by atoms with Crippen molar-refractivity contribution in [3.05, 3.63) is 20.2 Å². The minimum atomic E-state index is 0.698. The SMILES string of the molecule is Nc1c(S)cc(I)cc1Br. The Morgan fingerprint density at radius 2 is 2.10 bits per heavy atom. The maximum Gasteiger partial charge on any atom is 0.0594 e. The summed E-state index contributed by atoms with van der Waals surface area (Å²) in [6.07, 6.45) is 0. The number of anilines is 1. The fourth-order valence-corrected chi connectivity index (χ4v) is 2.74. The van der Waals surface area contributed by atoms with E-state index >= 15 is 0 Å². The fraction of sp³-hybridized carbons (Fsp3) is 0. The zero-order valence-electron chi connectivity index (χ0n) is 4.94. The van der Waals surface area contributed by atoms with Gasteiger partial charge in [-0.3, -0.25) is 0 Å². The number of thiol groups is 1. The highest BCUT2D eigenvalue weighted by molar-refractivity contribution is 14.1. The van der Waals surface area contributed by atoms with Crippen molar-refractivity contribution < 1.29 is 0 Å². The highest BCUT2D eigenvalue weighted by Gasteiger charge is 2.00. The molecule has 10 heavy (non-hydrogen) atoms. The summed E-state index contributed by atoms with van der Waals surface area (Å²) in [5.74, 6) is 0. The summed E-state index contributed by atoms with van der Waals surface area (Å²) >= 11 is 9.71. The summed E-state index contributed by atoms with van der Waals surface area (Å²) < 4.78 is 2.04. The number of benzene rings is 1. The van der Waals surface area contributed by atoms with Crippen LogP contribution in [0.1, 0.15) is 0 Å². The molecule has 0 amide bonds. The van der Waals surface area contributed by atoms with Crippen LogP contribution in [-0.2, 0) is 0 Å². The third kappa shape index (κ3) is 1.79. The predicted molar refractivity (Wildman–Crippen MR) is 58.5 cm³/mol. The van der Waals surface area contributed by atoms with Crippen LogP contribution in [0.4, 0.5) is 5.69 Å². The van der Waals surface area contributed by atoms with Crippen LogP contribution in [0.2, 0.25) is 0 Å². The second kappa shape index (κ2) is 3.32. The second-order valence-corrected chi connectivity index (χ2v) is 4.40. The third-order valence-corrected chi connectivity index (χ3v) is 2.72. The molecule has 0 fully saturated rings. The summed E-state index contributed by atoms with van der Waals surface area (Å²) in [7, 11) is 0. The van der Waals surface area contributed by atoms with Gasteiger partial charge in [0.15, 0.2) is 0 Å². The summed E-state index contributed by atoms with van der Waals surface area (Å²) in [5, 5.41) is 0. The van der Waals surface area contributed by atoms with Gasteiger partial charge >= 0.3 is 0 Å². The molecular formula is C6H5BrINS. The van der Waals surface area contributed by atoms with Gasteiger partial charge in [0.25, 0.3) is 0 Å². The van der Waals surface area contributed by atoms with Gasteiger partial charge in [-0.2, -0.15) is 0 Å². The Kier molecular flexibility index (Phi) is 2.88. The summed E-state index contributed by atoms with van der Waals surface area (Å²) in [6.45, 7) is 0. The van der Waals surface area contributed by atoms with Crippen LogP contribution in [0, 0.1) is 3.57 Å². The highest BCUT2D eigenvalue weighted by Crippen LogP contribution is 2.28. The lowest BCUT2D eigenvalue weighted by Crippen LogP contribution is -1.88. The maximum atomic E-state index is 5.62. The highest BCUT2D eigenvalue weighted by atomic mass is 127. The molecule has 0 radical (unpaired) electrons. The Balaban J connectivity index is 3.31. The normalized spacial score (nSPS) is 9.90. The first kappa shape index (κ1) is 8.67. The van der Waals surface area contributed by atoms with Crippen molar-refractivity contribution in [2.75, 3.05) is 5.73 Å². The van der Waals surface area contributed by atoms with Gasteiger partial charge in [-0.1, -0.05) is 0 Å². The van der Waals surface area contributed by atoms with E-state index in [4.69, 9.17) is 5.73 Å². The van der Waals surface area contributed by atoms with Gasteiger partial charge in [-0.25, -0.2) is 0 Å². The van der Waals surface area contributed by atoms with Crippen molar-refractivity contribution >= 4 is 56.8 Å². The van der Waals surface area contributed by atoms with E-state index in [9.17, 15) is 0 Å². The molecule has 0 unspecified atom stereocenters. The van der Waals surface area contributed by atoms with Crippen molar-refractivity contribution in [3.63, 3.8) is 0 Å². The zero-order valence-corrected chi connectivity index (χ0v) is 9.57. The van der Waals surface area contributed by atoms with Crippen LogP contribution in [0.3, 0.4) is 0 Å². The fourth-order valence-electron chi connectivity index (χ4n) is 0.571. The van der Waals surface area contributed by atoms with Gasteiger partial charge in [0.05, 0.1) is 5.69 Å². The van der Waals surface area contributed by atoms with E-state index in [-0.39, 0.29) is 0 Å². The third-order valence-electron chi connectivity index (χ3n) is 1.07. The molecule has 2 N–H and O–H groups in total. The van der Waals surface area contributed by atoms with E-state index in [1.54, 1.807) is 0 Å². The largest absolute Gasteiger partial charge is 0.397 e. The molecule has 0 saturated heterocycles. The quantitative estimate of drug-likeness (QED) is 0.427. The number of hydrogen-bond acceptors (Lipinski definition) is 2. The van der Waals surface area contributed by atoms with Crippen LogP contribution in [0.5, 0.6) is 0 Å². The van der Waals surface area contributed by atoms with E-state index in [0.717, 1.165) is 12.9 Å². The Morgan fingerprint density at radius 3 is 2.60 bits per heavy atom. The molecule has 1 rings (SSSR count). The predicted octanol–water partition coefficient (Wildman–Crippen LogP) is 2.92. The van der Waals surface area contributed by atoms with Crippen molar-refractivity contribution in [1.29, 1.82) is 0 Å². The lowest BCUT2D eigenvalue weighted by atomic mass is 10.3. The second-order valence-electron chi connectivity index (χ2n) is 1.82. The van der Waals surface area contributed by atoms with Gasteiger partial charge in [0, 0.05) is 12.9 Å². The van der Waals surface area contributed by atoms with Crippen molar-refractivity contribution in [2.24, 2.45) is 0 Å². The van der Waals surface area contributed by atoms with Crippen LogP contribution >= 0.6 is 51.1 Å². The molecule has 1 aromatic rings. The molecule has 0 heterocycles. The monoisotopic (exact) mass is 329 g/mol. The smallest absolute Gasteiger partial charge is 0.0594 e. The van der Waals surface area contributed by atoms with E-state index in [0.29, 0.717) is 5.69 Å². The van der Waals surface area contributed by atoms with Gasteiger partial charge in [0.1, 0.15) is 0 Å². The molecule has 0 aliphatic rings. The number of rotatable bonds is 0. The molecule has 0 spiro atoms. The minimum Gasteiger partial charge on any atom is -0.397 e. The van der Waals surface area contributed by atoms with E-state index < -0.39 is 0 Å². The topological polar surface area (TPSA) is 26.0 Å². The molecular weight excluding hydrogens is 325 g/mol. The van der Waals surface area contributed by atoms with Crippen molar-refractivity contribution in [1.82, 2.24) is 0 Å². The van der Waals surface area contributed by atoms with E-state index in [1.807, 2.05) is 12.1 Å². The number of halogens is 2. The lowest BCUT2D eigenvalue weighted by molar-refractivity contribution is 1.42. The zero-order chi connectivity index (χ0) is 7.72. The van der Waals surface area contributed by atoms with Crippen molar-refractivity contribution in [3.8, 4) is 0 Å². The average molecular weight is 330 g/mol. The summed E-state index contributed by atoms with van der Waals surface area (Å²) in [5.41, 5.74) is 6.32. The molecule has 0 aliphatic heterocycles. The van der Waals surface area contributed by atoms with Crippen LogP contribution in [0.15, 0.2) is 21.5 Å². The Bertz CT molecular complexity index is 241. The molecule has 54 valence electrons. The number of nitrogens with two attached hydrogens (primary N) is 1. The molecule has 1 nitrogen and oxygen atoms in total. The Labute approximate surface area is 87.1 Å². The maximum absolute atomic E-state index is 5.62. The lowest BCUT2D eigenvalue weighted by Gasteiger charge is -2.01. The van der Waals surface area contributed by atoms with Gasteiger partial charge in [-0.05, 0) is 50.7 Å². The first-order valence-corrected chi connectivity index (χ1v) is 4.86. The molecule has 4 heteroatoms. The number of hydrogen-bond donors (Lipinski definition) is 2. The van der Waals surface area contributed by atoms with Crippen LogP contribution in [0.25, 0.3) is 0 Å². The summed E-state index contributed by atoms with van der Waals surface area (Å²) in [4.78, 5) is 0.818. The van der Waals surface area contributed by atoms with E-state index in [1.165, 1.54) is 0 Å². The first-order chi connectivity index (χ1) is 4.61. The van der Waals surface area contributed by atoms with Gasteiger partial charge in [0.2, 0.25) is 0 Å². The minimum absolute atomic E-state index is 0.698. The van der Waals surface area contributed by atoms with Crippen LogP contribution in [-0.4, -0.2) is 0 Å². The van der Waals surface area contributed by atoms with Crippen LogP contribution < -0.4 is 5.73 Å². The molecule has 0 bridgehead atoms. The van der Waals surface area contributed by atoms with E-state index in [2.05, 4.69) is 51.1 Å².